The van der Waals surface area contributed by atoms with Gasteiger partial charge in [0.25, 0.3) is 5.91 Å². The van der Waals surface area contributed by atoms with Crippen molar-refractivity contribution in [2.45, 2.75) is 51.5 Å². The van der Waals surface area contributed by atoms with Gasteiger partial charge in [-0.25, -0.2) is 9.78 Å². The fourth-order valence-corrected chi connectivity index (χ4v) is 6.03. The number of fused-ring (bicyclic) bond motifs is 1. The zero-order valence-corrected chi connectivity index (χ0v) is 21.6. The molecule has 7 rings (SSSR count). The zero-order valence-electron chi connectivity index (χ0n) is 21.6. The minimum absolute atomic E-state index is 0.00230. The number of nitrogens with two attached hydrogens (primary N) is 1. The molecule has 4 heterocycles. The van der Waals surface area contributed by atoms with Crippen LogP contribution in [0.5, 0.6) is 5.75 Å². The summed E-state index contributed by atoms with van der Waals surface area (Å²) in [4.78, 5) is 31.5. The van der Waals surface area contributed by atoms with Crippen molar-refractivity contribution in [1.82, 2.24) is 19.0 Å². The van der Waals surface area contributed by atoms with Crippen LogP contribution in [0.15, 0.2) is 36.4 Å². The highest BCUT2D eigenvalue weighted by atomic mass is 16.6. The number of likely N-dealkylation sites (tertiary alicyclic amines) is 1. The Kier molecular flexibility index (Phi) is 5.73. The molecule has 3 aliphatic rings. The molecular formula is C29H31N5O5. The molecule has 2 amide bonds. The maximum absolute atomic E-state index is 13.5. The molecule has 4 aromatic rings. The van der Waals surface area contributed by atoms with Crippen molar-refractivity contribution < 1.29 is 24.2 Å². The van der Waals surface area contributed by atoms with Crippen molar-refractivity contribution in [2.75, 3.05) is 19.7 Å². The Bertz CT molecular complexity index is 1620. The van der Waals surface area contributed by atoms with Crippen molar-refractivity contribution in [1.29, 1.82) is 0 Å². The average Bonchev–Trinajstić information content (AvgIpc) is 3.59. The summed E-state index contributed by atoms with van der Waals surface area (Å²) in [5, 5.41) is 10.9. The first-order valence-corrected chi connectivity index (χ1v) is 13.6. The van der Waals surface area contributed by atoms with E-state index in [2.05, 4.69) is 27.3 Å². The van der Waals surface area contributed by atoms with E-state index in [1.807, 2.05) is 12.1 Å². The summed E-state index contributed by atoms with van der Waals surface area (Å²) in [6, 6.07) is 11.9. The molecule has 2 aromatic heterocycles. The number of ether oxygens (including phenoxy) is 2. The number of carbonyl (C=O) groups is 2. The predicted molar refractivity (Wildman–Crippen MR) is 144 cm³/mol. The summed E-state index contributed by atoms with van der Waals surface area (Å²) in [7, 11) is 0. The number of amides is 2. The van der Waals surface area contributed by atoms with Gasteiger partial charge in [0.1, 0.15) is 24.0 Å². The van der Waals surface area contributed by atoms with Gasteiger partial charge in [-0.05, 0) is 61.4 Å². The van der Waals surface area contributed by atoms with Crippen molar-refractivity contribution in [3.8, 4) is 17.3 Å². The molecule has 0 radical (unpaired) electrons. The van der Waals surface area contributed by atoms with E-state index >= 15 is 0 Å². The molecule has 3 N–H and O–H groups in total. The van der Waals surface area contributed by atoms with Crippen LogP contribution in [0.1, 0.15) is 41.6 Å². The normalized spacial score (nSPS) is 18.9. The topological polar surface area (TPSA) is 125 Å². The number of benzene rings is 2. The van der Waals surface area contributed by atoms with Gasteiger partial charge in [0.2, 0.25) is 0 Å². The fraction of sp³-hybridized carbons (Fsp3) is 0.414. The minimum atomic E-state index is -0.821. The van der Waals surface area contributed by atoms with Gasteiger partial charge in [0, 0.05) is 29.6 Å². The molecule has 1 aliphatic carbocycles. The number of carbonyl (C=O) groups excluding carboxylic acids is 2. The Balaban J connectivity index is 1.30. The Labute approximate surface area is 224 Å². The summed E-state index contributed by atoms with van der Waals surface area (Å²) in [6.45, 7) is 2.96. The molecule has 2 fully saturated rings. The first-order chi connectivity index (χ1) is 19.0. The number of hydrogen-bond acceptors (Lipinski definition) is 6. The maximum Gasteiger partial charge on any atom is 0.404 e. The van der Waals surface area contributed by atoms with Crippen LogP contribution in [0.3, 0.4) is 0 Å². The van der Waals surface area contributed by atoms with Crippen LogP contribution in [-0.2, 0) is 24.4 Å². The van der Waals surface area contributed by atoms with Gasteiger partial charge in [-0.3, -0.25) is 4.79 Å². The first-order valence-electron chi connectivity index (χ1n) is 13.6. The maximum atomic E-state index is 13.5. The largest absolute Gasteiger partial charge is 0.489 e. The summed E-state index contributed by atoms with van der Waals surface area (Å²) >= 11 is 0. The Morgan fingerprint density at radius 3 is 2.79 bits per heavy atom. The van der Waals surface area contributed by atoms with Crippen LogP contribution >= 0.6 is 0 Å². The lowest BCUT2D eigenvalue weighted by molar-refractivity contribution is 0.0373. The van der Waals surface area contributed by atoms with Crippen LogP contribution in [0, 0.1) is 5.92 Å². The zero-order chi connectivity index (χ0) is 26.7. The van der Waals surface area contributed by atoms with Crippen LogP contribution in [0.4, 0.5) is 4.79 Å². The average molecular weight is 530 g/mol. The number of piperidine rings is 1. The van der Waals surface area contributed by atoms with Crippen LogP contribution in [0.2, 0.25) is 0 Å². The third-order valence-corrected chi connectivity index (χ3v) is 8.09. The number of aromatic nitrogens is 3. The van der Waals surface area contributed by atoms with Crippen molar-refractivity contribution in [2.24, 2.45) is 11.7 Å². The third kappa shape index (κ3) is 4.28. The summed E-state index contributed by atoms with van der Waals surface area (Å²) in [5.41, 5.74) is 10.3. The van der Waals surface area contributed by atoms with Crippen molar-refractivity contribution in [3.05, 3.63) is 47.5 Å². The summed E-state index contributed by atoms with van der Waals surface area (Å²) in [6.07, 6.45) is 2.64. The van der Waals surface area contributed by atoms with E-state index in [-0.39, 0.29) is 12.5 Å². The second-order valence-corrected chi connectivity index (χ2v) is 10.9. The van der Waals surface area contributed by atoms with Crippen molar-refractivity contribution in [3.63, 3.8) is 0 Å². The Morgan fingerprint density at radius 2 is 2.00 bits per heavy atom. The molecule has 0 spiro atoms. The molecule has 10 nitrogen and oxygen atoms in total. The van der Waals surface area contributed by atoms with E-state index in [1.165, 1.54) is 12.8 Å². The van der Waals surface area contributed by atoms with Gasteiger partial charge in [0.05, 0.1) is 30.9 Å². The van der Waals surface area contributed by atoms with Gasteiger partial charge < -0.3 is 34.3 Å². The lowest BCUT2D eigenvalue weighted by Crippen LogP contribution is -2.44. The summed E-state index contributed by atoms with van der Waals surface area (Å²) < 4.78 is 15.7. The van der Waals surface area contributed by atoms with E-state index in [9.17, 15) is 14.7 Å². The fourth-order valence-electron chi connectivity index (χ4n) is 6.03. The van der Waals surface area contributed by atoms with E-state index in [0.29, 0.717) is 55.4 Å². The Hall–Kier alpha value is -4.05. The molecule has 1 saturated carbocycles. The second kappa shape index (κ2) is 9.30. The van der Waals surface area contributed by atoms with E-state index in [0.717, 1.165) is 46.5 Å². The molecular weight excluding hydrogens is 498 g/mol. The number of imidazole rings is 1. The standard InChI is InChI=1S/C29H31N5O5/c30-29(37)39-21-2-1-7-32(15-21)28(36)20-11-22-26-25(13-20)38-9-8-33(26)27(31-22)24-12-19-6-5-18(16-35)10-23(19)34(24)14-17-3-4-17/h5-6,10-13,17,21,35H,1-4,7-9,14-16H2,(H2,30,37)/t21-/m1/s1. The van der Waals surface area contributed by atoms with E-state index in [4.69, 9.17) is 20.2 Å². The number of hydrogen-bond donors (Lipinski definition) is 2. The third-order valence-electron chi connectivity index (χ3n) is 8.09. The quantitative estimate of drug-likeness (QED) is 0.393. The number of aliphatic hydroxyl groups excluding tert-OH is 1. The molecule has 0 unspecified atom stereocenters. The lowest BCUT2D eigenvalue weighted by atomic mass is 10.1. The van der Waals surface area contributed by atoms with Gasteiger partial charge in [-0.2, -0.15) is 0 Å². The Morgan fingerprint density at radius 1 is 1.13 bits per heavy atom. The molecule has 1 saturated heterocycles. The second-order valence-electron chi connectivity index (χ2n) is 10.9. The van der Waals surface area contributed by atoms with Gasteiger partial charge >= 0.3 is 6.09 Å². The first kappa shape index (κ1) is 24.0. The highest BCUT2D eigenvalue weighted by molar-refractivity contribution is 6.00. The number of nitrogens with zero attached hydrogens (tertiary/aromatic N) is 4. The number of primary amides is 1. The molecule has 0 bridgehead atoms. The lowest BCUT2D eigenvalue weighted by Gasteiger charge is -2.32. The molecule has 39 heavy (non-hydrogen) atoms. The monoisotopic (exact) mass is 529 g/mol. The summed E-state index contributed by atoms with van der Waals surface area (Å²) in [5.74, 6) is 2.01. The van der Waals surface area contributed by atoms with E-state index < -0.39 is 12.2 Å². The van der Waals surface area contributed by atoms with Gasteiger partial charge in [-0.15, -0.1) is 0 Å². The van der Waals surface area contributed by atoms with Crippen LogP contribution in [-0.4, -0.2) is 61.9 Å². The minimum Gasteiger partial charge on any atom is -0.489 e. The smallest absolute Gasteiger partial charge is 0.404 e. The highest BCUT2D eigenvalue weighted by Gasteiger charge is 2.30. The number of aliphatic hydroxyl groups is 1. The highest BCUT2D eigenvalue weighted by Crippen LogP contribution is 2.39. The predicted octanol–water partition coefficient (Wildman–Crippen LogP) is 3.65. The molecule has 1 atom stereocenters. The van der Waals surface area contributed by atoms with Crippen LogP contribution < -0.4 is 10.5 Å². The molecule has 2 aromatic carbocycles. The SMILES string of the molecule is NC(=O)O[C@@H]1CCCN(C(=O)c2cc3c4c(c2)nc(-c2cc5ccc(CO)cc5n2CC2CC2)n4CCO3)C1. The van der Waals surface area contributed by atoms with Crippen LogP contribution in [0.25, 0.3) is 33.5 Å². The molecule has 2 aliphatic heterocycles. The van der Waals surface area contributed by atoms with Gasteiger partial charge in [0.15, 0.2) is 5.82 Å². The van der Waals surface area contributed by atoms with Crippen molar-refractivity contribution >= 4 is 33.9 Å². The number of rotatable bonds is 6. The molecule has 202 valence electrons. The molecule has 10 heteroatoms. The van der Waals surface area contributed by atoms with E-state index in [1.54, 1.807) is 11.0 Å². The van der Waals surface area contributed by atoms with Gasteiger partial charge in [-0.1, -0.05) is 12.1 Å².